The zero-order chi connectivity index (χ0) is 28.9. The van der Waals surface area contributed by atoms with Crippen molar-refractivity contribution in [3.8, 4) is 0 Å². The van der Waals surface area contributed by atoms with Crippen molar-refractivity contribution in [2.45, 2.75) is 71.8 Å². The molecule has 1 aromatic heterocycles. The van der Waals surface area contributed by atoms with E-state index in [1.54, 1.807) is 6.92 Å². The zero-order valence-corrected chi connectivity index (χ0v) is 24.7. The van der Waals surface area contributed by atoms with Gasteiger partial charge in [0.05, 0.1) is 12.2 Å². The van der Waals surface area contributed by atoms with Crippen LogP contribution in [-0.4, -0.2) is 106 Å². The van der Waals surface area contributed by atoms with Gasteiger partial charge in [0, 0.05) is 76.3 Å². The Morgan fingerprint density at radius 1 is 0.950 bits per heavy atom. The highest BCUT2D eigenvalue weighted by Crippen LogP contribution is 2.24. The van der Waals surface area contributed by atoms with Crippen molar-refractivity contribution in [3.63, 3.8) is 0 Å². The van der Waals surface area contributed by atoms with Gasteiger partial charge in [-0.15, -0.1) is 0 Å². The first kappa shape index (κ1) is 29.7. The van der Waals surface area contributed by atoms with Crippen LogP contribution in [0, 0.1) is 0 Å². The number of hydrogen-bond donors (Lipinski definition) is 0. The van der Waals surface area contributed by atoms with Gasteiger partial charge in [-0.05, 0) is 47.1 Å². The summed E-state index contributed by atoms with van der Waals surface area (Å²) in [5.74, 6) is 0.211. The molecule has 1 unspecified atom stereocenters. The van der Waals surface area contributed by atoms with Crippen molar-refractivity contribution in [1.82, 2.24) is 24.7 Å². The number of carbonyl (C=O) groups excluding carboxylic acids is 2. The van der Waals surface area contributed by atoms with E-state index in [-0.39, 0.29) is 24.2 Å². The summed E-state index contributed by atoms with van der Waals surface area (Å²) < 4.78 is 10.8. The molecule has 3 heterocycles. The van der Waals surface area contributed by atoms with Gasteiger partial charge in [-0.2, -0.15) is 0 Å². The number of piperazine rings is 2. The van der Waals surface area contributed by atoms with Crippen molar-refractivity contribution in [2.24, 2.45) is 0 Å². The molecular weight excluding hydrogens is 508 g/mol. The highest BCUT2D eigenvalue weighted by molar-refractivity contribution is 5.88. The molecule has 2 aliphatic heterocycles. The van der Waals surface area contributed by atoms with Gasteiger partial charge in [-0.25, -0.2) is 19.6 Å². The molecule has 218 valence electrons. The Morgan fingerprint density at radius 3 is 2.27 bits per heavy atom. The van der Waals surface area contributed by atoms with Crippen LogP contribution in [0.5, 0.6) is 0 Å². The van der Waals surface area contributed by atoms with E-state index in [1.807, 2.05) is 31.7 Å². The molecule has 0 N–H and O–H groups in total. The number of amides is 1. The number of hydrogen-bond acceptors (Lipinski definition) is 9. The van der Waals surface area contributed by atoms with E-state index in [9.17, 15) is 9.59 Å². The van der Waals surface area contributed by atoms with Crippen molar-refractivity contribution in [1.29, 1.82) is 0 Å². The van der Waals surface area contributed by atoms with Gasteiger partial charge >= 0.3 is 12.1 Å². The van der Waals surface area contributed by atoms with Gasteiger partial charge in [0.15, 0.2) is 0 Å². The maximum absolute atomic E-state index is 13.1. The molecule has 3 atom stereocenters. The number of anilines is 1. The van der Waals surface area contributed by atoms with E-state index in [0.717, 1.165) is 39.3 Å². The zero-order valence-electron chi connectivity index (χ0n) is 24.7. The molecule has 2 aromatic rings. The molecule has 1 aromatic carbocycles. The summed E-state index contributed by atoms with van der Waals surface area (Å²) >= 11 is 0. The predicted octanol–water partition coefficient (Wildman–Crippen LogP) is 3.67. The van der Waals surface area contributed by atoms with E-state index in [0.29, 0.717) is 24.7 Å². The normalized spacial score (nSPS) is 22.7. The number of esters is 1. The third-order valence-electron chi connectivity index (χ3n) is 7.45. The molecule has 2 aliphatic rings. The van der Waals surface area contributed by atoms with Crippen LogP contribution in [0.3, 0.4) is 0 Å². The third kappa shape index (κ3) is 7.69. The second-order valence-corrected chi connectivity index (χ2v) is 11.8. The average Bonchev–Trinajstić information content (AvgIpc) is 2.91. The molecule has 0 saturated carbocycles. The number of aromatic nitrogens is 2. The lowest BCUT2D eigenvalue weighted by Gasteiger charge is -2.48. The molecule has 40 heavy (non-hydrogen) atoms. The van der Waals surface area contributed by atoms with Crippen LogP contribution in [0.15, 0.2) is 42.7 Å². The summed E-state index contributed by atoms with van der Waals surface area (Å²) in [5, 5.41) is 0. The first-order chi connectivity index (χ1) is 19.0. The Kier molecular flexibility index (Phi) is 9.63. The molecule has 10 heteroatoms. The summed E-state index contributed by atoms with van der Waals surface area (Å²) in [6.45, 7) is 17.6. The fourth-order valence-corrected chi connectivity index (χ4v) is 5.39. The van der Waals surface area contributed by atoms with Crippen LogP contribution >= 0.6 is 0 Å². The molecular formula is C30H44N6O4. The van der Waals surface area contributed by atoms with Crippen molar-refractivity contribution in [3.05, 3.63) is 53.9 Å². The third-order valence-corrected chi connectivity index (χ3v) is 7.45. The molecule has 0 radical (unpaired) electrons. The molecule has 10 nitrogen and oxygen atoms in total. The van der Waals surface area contributed by atoms with Gasteiger partial charge in [0.2, 0.25) is 5.95 Å². The Balaban J connectivity index is 1.44. The van der Waals surface area contributed by atoms with Crippen LogP contribution in [0.1, 0.15) is 57.5 Å². The fourth-order valence-electron chi connectivity index (χ4n) is 5.39. The Hall–Kier alpha value is -3.24. The Bertz CT molecular complexity index is 1120. The van der Waals surface area contributed by atoms with Crippen molar-refractivity contribution in [2.75, 3.05) is 50.8 Å². The summed E-state index contributed by atoms with van der Waals surface area (Å²) in [4.78, 5) is 43.0. The first-order valence-corrected chi connectivity index (χ1v) is 14.3. The van der Waals surface area contributed by atoms with Gasteiger partial charge in [-0.3, -0.25) is 9.80 Å². The largest absolute Gasteiger partial charge is 0.462 e. The average molecular weight is 553 g/mol. The van der Waals surface area contributed by atoms with Gasteiger partial charge < -0.3 is 19.3 Å². The van der Waals surface area contributed by atoms with E-state index < -0.39 is 11.6 Å². The van der Waals surface area contributed by atoms with Crippen molar-refractivity contribution >= 4 is 18.0 Å². The topological polar surface area (TPSA) is 91.3 Å². The van der Waals surface area contributed by atoms with Gasteiger partial charge in [-0.1, -0.05) is 30.3 Å². The highest BCUT2D eigenvalue weighted by atomic mass is 16.6. The second kappa shape index (κ2) is 13.0. The number of carbonyl (C=O) groups is 2. The van der Waals surface area contributed by atoms with E-state index in [4.69, 9.17) is 9.47 Å². The van der Waals surface area contributed by atoms with Crippen molar-refractivity contribution < 1.29 is 19.1 Å². The molecule has 2 fully saturated rings. The minimum absolute atomic E-state index is 0.0545. The monoisotopic (exact) mass is 552 g/mol. The number of benzene rings is 1. The standard InChI is InChI=1S/C30H44N6O4/c1-7-39-27(37)25-15-31-28(32-16-25)34-14-13-33(22(2)17-34)20-26-21-36(29(38)40-30(4,5)6)23(3)18-35(26)19-24-11-9-8-10-12-24/h8-12,15-16,22-23,26H,7,13-14,17-21H2,1-6H3/t22?,23-,26+/m1/s1. The number of rotatable bonds is 7. The lowest BCUT2D eigenvalue weighted by Crippen LogP contribution is -2.63. The van der Waals surface area contributed by atoms with Crippen LogP contribution in [0.2, 0.25) is 0 Å². The summed E-state index contributed by atoms with van der Waals surface area (Å²) in [7, 11) is 0. The quantitative estimate of drug-likeness (QED) is 0.477. The Labute approximate surface area is 238 Å². The molecule has 0 bridgehead atoms. The van der Waals surface area contributed by atoms with Crippen LogP contribution in [0.4, 0.5) is 10.7 Å². The predicted molar refractivity (Wildman–Crippen MR) is 154 cm³/mol. The second-order valence-electron chi connectivity index (χ2n) is 11.8. The van der Waals surface area contributed by atoms with Crippen LogP contribution < -0.4 is 4.90 Å². The molecule has 1 amide bonds. The fraction of sp³-hybridized carbons (Fsp3) is 0.600. The SMILES string of the molecule is CCOC(=O)c1cnc(N2CCN(C[C@H]3CN(C(=O)OC(C)(C)C)[C@H](C)CN3Cc3ccccc3)C(C)C2)nc1. The molecule has 0 spiro atoms. The van der Waals surface area contributed by atoms with Crippen LogP contribution in [0.25, 0.3) is 0 Å². The summed E-state index contributed by atoms with van der Waals surface area (Å²) in [6.07, 6.45) is 2.83. The van der Waals surface area contributed by atoms with Gasteiger partial charge in [0.1, 0.15) is 5.60 Å². The lowest BCUT2D eigenvalue weighted by atomic mass is 10.0. The Morgan fingerprint density at radius 2 is 1.65 bits per heavy atom. The minimum atomic E-state index is -0.533. The number of ether oxygens (including phenoxy) is 2. The highest BCUT2D eigenvalue weighted by Gasteiger charge is 2.38. The van der Waals surface area contributed by atoms with E-state index in [1.165, 1.54) is 18.0 Å². The summed E-state index contributed by atoms with van der Waals surface area (Å²) in [6, 6.07) is 11.0. The molecule has 0 aliphatic carbocycles. The van der Waals surface area contributed by atoms with Crippen LogP contribution in [-0.2, 0) is 16.0 Å². The maximum Gasteiger partial charge on any atom is 0.410 e. The van der Waals surface area contributed by atoms with E-state index >= 15 is 0 Å². The molecule has 2 saturated heterocycles. The number of nitrogens with zero attached hydrogens (tertiary/aromatic N) is 6. The maximum atomic E-state index is 13.1. The minimum Gasteiger partial charge on any atom is -0.462 e. The first-order valence-electron chi connectivity index (χ1n) is 14.3. The van der Waals surface area contributed by atoms with E-state index in [2.05, 4.69) is 62.8 Å². The summed E-state index contributed by atoms with van der Waals surface area (Å²) in [5.41, 5.74) is 1.10. The molecule has 4 rings (SSSR count). The smallest absolute Gasteiger partial charge is 0.410 e. The lowest BCUT2D eigenvalue weighted by molar-refractivity contribution is -0.0227. The van der Waals surface area contributed by atoms with Gasteiger partial charge in [0.25, 0.3) is 0 Å².